The van der Waals surface area contributed by atoms with Crippen LogP contribution in [0.5, 0.6) is 0 Å². The minimum absolute atomic E-state index is 0.0126. The van der Waals surface area contributed by atoms with E-state index in [0.717, 1.165) is 31.4 Å². The van der Waals surface area contributed by atoms with Crippen molar-refractivity contribution < 1.29 is 14.7 Å². The van der Waals surface area contributed by atoms with E-state index in [1.165, 1.54) is 0 Å². The number of hydrogen-bond donors (Lipinski definition) is 2. The van der Waals surface area contributed by atoms with Crippen LogP contribution in [-0.2, 0) is 9.59 Å². The van der Waals surface area contributed by atoms with Gasteiger partial charge in [0.05, 0.1) is 0 Å². The minimum atomic E-state index is -1.09. The monoisotopic (exact) mass is 367 g/mol. The number of allylic oxidation sites excluding steroid dienone is 1. The number of amides is 1. The van der Waals surface area contributed by atoms with E-state index in [1.807, 2.05) is 20.8 Å². The Balaban J connectivity index is 1.64. The highest BCUT2D eigenvalue weighted by Crippen LogP contribution is 2.51. The second-order valence-corrected chi connectivity index (χ2v) is 8.64. The Morgan fingerprint density at radius 1 is 1.20 bits per heavy atom. The van der Waals surface area contributed by atoms with Gasteiger partial charge in [-0.3, -0.25) is 4.79 Å². The van der Waals surface area contributed by atoms with Crippen molar-refractivity contribution in [2.75, 3.05) is 5.75 Å². The van der Waals surface area contributed by atoms with Crippen LogP contribution in [0.15, 0.2) is 32.4 Å². The SMILES string of the molecule is CC1(SCCCCC/C=C(/NC(=O)C2CC2(C)C)C(=O)O)N=NN=N1. The summed E-state index contributed by atoms with van der Waals surface area (Å²) in [6.45, 7) is 5.88. The quantitative estimate of drug-likeness (QED) is 0.449. The molecule has 1 aliphatic carbocycles. The summed E-state index contributed by atoms with van der Waals surface area (Å²) in [5.41, 5.74) is -0.0261. The molecule has 0 spiro atoms. The van der Waals surface area contributed by atoms with Gasteiger partial charge in [0.25, 0.3) is 0 Å². The zero-order valence-corrected chi connectivity index (χ0v) is 15.7. The standard InChI is InChI=1S/C16H25N5O3S/c1-15(2)10-11(15)13(22)17-12(14(23)24)8-6-4-5-7-9-25-16(3)18-20-21-19-16/h8,11H,4-7,9-10H2,1-3H3,(H,17,22)(H,23,24)/b12-8+. The zero-order chi connectivity index (χ0) is 18.5. The summed E-state index contributed by atoms with van der Waals surface area (Å²) in [6.07, 6.45) is 5.83. The van der Waals surface area contributed by atoms with Gasteiger partial charge in [0, 0.05) is 5.92 Å². The van der Waals surface area contributed by atoms with E-state index >= 15 is 0 Å². The van der Waals surface area contributed by atoms with Crippen LogP contribution in [0.4, 0.5) is 0 Å². The maximum absolute atomic E-state index is 12.0. The van der Waals surface area contributed by atoms with Gasteiger partial charge in [-0.2, -0.15) is 0 Å². The lowest BCUT2D eigenvalue weighted by molar-refractivity contribution is -0.135. The number of carbonyl (C=O) groups is 2. The summed E-state index contributed by atoms with van der Waals surface area (Å²) in [4.78, 5) is 22.7. The Bertz CT molecular complexity index is 603. The average Bonchev–Trinajstić information content (AvgIpc) is 2.96. The number of carboxylic acids is 1. The van der Waals surface area contributed by atoms with Crippen LogP contribution in [0.25, 0.3) is 0 Å². The number of rotatable bonds is 10. The highest BCUT2D eigenvalue weighted by molar-refractivity contribution is 8.00. The fourth-order valence-electron chi connectivity index (χ4n) is 2.55. The Morgan fingerprint density at radius 3 is 2.40 bits per heavy atom. The van der Waals surface area contributed by atoms with E-state index in [0.29, 0.717) is 6.42 Å². The van der Waals surface area contributed by atoms with Crippen molar-refractivity contribution in [1.82, 2.24) is 5.32 Å². The molecule has 2 rings (SSSR count). The number of thioether (sulfide) groups is 1. The molecule has 0 radical (unpaired) electrons. The summed E-state index contributed by atoms with van der Waals surface area (Å²) < 4.78 is 0. The molecule has 0 aromatic rings. The molecule has 9 heteroatoms. The van der Waals surface area contributed by atoms with Crippen LogP contribution in [0.2, 0.25) is 0 Å². The zero-order valence-electron chi connectivity index (χ0n) is 14.9. The smallest absolute Gasteiger partial charge is 0.352 e. The normalized spacial score (nSPS) is 22.8. The lowest BCUT2D eigenvalue weighted by Crippen LogP contribution is -2.29. The Kier molecular flexibility index (Phi) is 6.31. The largest absolute Gasteiger partial charge is 0.477 e. The third-order valence-corrected chi connectivity index (χ3v) is 5.59. The second kappa shape index (κ2) is 8.07. The topological polar surface area (TPSA) is 116 Å². The second-order valence-electron chi connectivity index (χ2n) is 7.17. The van der Waals surface area contributed by atoms with Gasteiger partial charge in [-0.25, -0.2) is 4.79 Å². The number of unbranched alkanes of at least 4 members (excludes halogenated alkanes) is 3. The molecule has 8 nitrogen and oxygen atoms in total. The van der Waals surface area contributed by atoms with Gasteiger partial charge < -0.3 is 10.4 Å². The first-order valence-electron chi connectivity index (χ1n) is 8.46. The van der Waals surface area contributed by atoms with Crippen LogP contribution < -0.4 is 5.32 Å². The van der Waals surface area contributed by atoms with Gasteiger partial charge in [0.15, 0.2) is 0 Å². The van der Waals surface area contributed by atoms with Crippen LogP contribution in [0, 0.1) is 11.3 Å². The lowest BCUT2D eigenvalue weighted by atomic mass is 10.1. The molecule has 0 aromatic heterocycles. The van der Waals surface area contributed by atoms with E-state index < -0.39 is 11.0 Å². The molecule has 1 heterocycles. The Labute approximate surface area is 151 Å². The Morgan fingerprint density at radius 2 is 1.84 bits per heavy atom. The van der Waals surface area contributed by atoms with Gasteiger partial charge in [0.1, 0.15) is 5.70 Å². The van der Waals surface area contributed by atoms with Crippen LogP contribution in [0.1, 0.15) is 52.9 Å². The van der Waals surface area contributed by atoms with Gasteiger partial charge in [-0.15, -0.1) is 22.0 Å². The first-order valence-corrected chi connectivity index (χ1v) is 9.44. The molecule has 25 heavy (non-hydrogen) atoms. The van der Waals surface area contributed by atoms with E-state index in [2.05, 4.69) is 26.0 Å². The molecule has 1 fully saturated rings. The Hall–Kier alpha value is -1.77. The predicted octanol–water partition coefficient (Wildman–Crippen LogP) is 3.92. The van der Waals surface area contributed by atoms with Gasteiger partial charge in [-0.05, 0) is 54.2 Å². The van der Waals surface area contributed by atoms with Crippen molar-refractivity contribution in [2.45, 2.75) is 57.9 Å². The van der Waals surface area contributed by atoms with Gasteiger partial charge >= 0.3 is 5.97 Å². The fraction of sp³-hybridized carbons (Fsp3) is 0.750. The third-order valence-electron chi connectivity index (χ3n) is 4.39. The molecule has 1 unspecified atom stereocenters. The maximum Gasteiger partial charge on any atom is 0.352 e. The molecule has 0 saturated heterocycles. The average molecular weight is 367 g/mol. The summed E-state index contributed by atoms with van der Waals surface area (Å²) in [7, 11) is 0. The summed E-state index contributed by atoms with van der Waals surface area (Å²) in [5, 5.41) is 26.7. The van der Waals surface area contributed by atoms with Crippen LogP contribution in [-0.4, -0.2) is 27.7 Å². The lowest BCUT2D eigenvalue weighted by Gasteiger charge is -2.12. The molecule has 138 valence electrons. The number of carboxylic acid groups (broad SMARTS) is 1. The fourth-order valence-corrected chi connectivity index (χ4v) is 3.47. The number of nitrogens with zero attached hydrogens (tertiary/aromatic N) is 4. The van der Waals surface area contributed by atoms with Crippen LogP contribution in [0.3, 0.4) is 0 Å². The molecule has 0 bridgehead atoms. The van der Waals surface area contributed by atoms with Crippen molar-refractivity contribution >= 4 is 23.6 Å². The van der Waals surface area contributed by atoms with E-state index in [4.69, 9.17) is 0 Å². The number of carbonyl (C=O) groups excluding carboxylic acids is 1. The summed E-state index contributed by atoms with van der Waals surface area (Å²) in [5.74, 6) is -0.480. The van der Waals surface area contributed by atoms with Crippen molar-refractivity contribution in [3.63, 3.8) is 0 Å². The molecule has 1 atom stereocenters. The third kappa shape index (κ3) is 5.91. The molecule has 2 aliphatic rings. The van der Waals surface area contributed by atoms with Crippen molar-refractivity contribution in [3.8, 4) is 0 Å². The highest BCUT2D eigenvalue weighted by atomic mass is 32.2. The summed E-state index contributed by atoms with van der Waals surface area (Å²) in [6, 6.07) is 0. The first-order chi connectivity index (χ1) is 11.7. The van der Waals surface area contributed by atoms with Crippen molar-refractivity contribution in [3.05, 3.63) is 11.8 Å². The van der Waals surface area contributed by atoms with Gasteiger partial charge in [0.2, 0.25) is 10.9 Å². The van der Waals surface area contributed by atoms with E-state index in [9.17, 15) is 14.7 Å². The predicted molar refractivity (Wildman–Crippen MR) is 94.8 cm³/mol. The number of hydrogen-bond acceptors (Lipinski definition) is 7. The maximum atomic E-state index is 12.0. The molecule has 1 aliphatic heterocycles. The minimum Gasteiger partial charge on any atom is -0.477 e. The van der Waals surface area contributed by atoms with Crippen LogP contribution >= 0.6 is 11.8 Å². The van der Waals surface area contributed by atoms with Crippen molar-refractivity contribution in [2.24, 2.45) is 32.0 Å². The molecule has 0 aromatic carbocycles. The first kappa shape index (κ1) is 19.6. The molecular weight excluding hydrogens is 342 g/mol. The van der Waals surface area contributed by atoms with Crippen molar-refractivity contribution in [1.29, 1.82) is 0 Å². The highest BCUT2D eigenvalue weighted by Gasteiger charge is 2.50. The van der Waals surface area contributed by atoms with E-state index in [1.54, 1.807) is 17.8 Å². The summed E-state index contributed by atoms with van der Waals surface area (Å²) >= 11 is 1.59. The number of nitrogens with one attached hydrogen (secondary N) is 1. The van der Waals surface area contributed by atoms with E-state index in [-0.39, 0.29) is 22.9 Å². The van der Waals surface area contributed by atoms with Gasteiger partial charge in [-0.1, -0.05) is 26.3 Å². The molecular formula is C16H25N5O3S. The number of aliphatic carboxylic acids is 1. The molecule has 1 saturated carbocycles. The molecule has 1 amide bonds. The molecule has 2 N–H and O–H groups in total.